The van der Waals surface area contributed by atoms with E-state index in [9.17, 15) is 4.79 Å². The first-order valence-corrected chi connectivity index (χ1v) is 8.21. The van der Waals surface area contributed by atoms with Crippen molar-refractivity contribution in [3.05, 3.63) is 33.8 Å². The molecule has 1 aliphatic carbocycles. The lowest BCUT2D eigenvalue weighted by Crippen LogP contribution is -2.42. The maximum atomic E-state index is 11.8. The van der Waals surface area contributed by atoms with Crippen LogP contribution in [-0.2, 0) is 9.63 Å². The topological polar surface area (TPSA) is 50.7 Å². The summed E-state index contributed by atoms with van der Waals surface area (Å²) in [5.74, 6) is 0.391. The van der Waals surface area contributed by atoms with Gasteiger partial charge in [-0.3, -0.25) is 4.79 Å². The smallest absolute Gasteiger partial charge is 0.261 e. The van der Waals surface area contributed by atoms with Gasteiger partial charge in [-0.05, 0) is 36.5 Å². The highest BCUT2D eigenvalue weighted by atomic mass is 35.5. The average Bonchev–Trinajstić information content (AvgIpc) is 2.49. The van der Waals surface area contributed by atoms with Crippen molar-refractivity contribution >= 4 is 35.3 Å². The highest BCUT2D eigenvalue weighted by Gasteiger charge is 2.22. The van der Waals surface area contributed by atoms with E-state index >= 15 is 0 Å². The van der Waals surface area contributed by atoms with Gasteiger partial charge in [-0.2, -0.15) is 0 Å². The molecule has 1 N–H and O–H groups in total. The molecular weight excluding hydrogens is 323 g/mol. The van der Waals surface area contributed by atoms with Crippen LogP contribution in [0.15, 0.2) is 23.4 Å². The second-order valence-electron chi connectivity index (χ2n) is 5.62. The summed E-state index contributed by atoms with van der Waals surface area (Å²) in [6, 6.07) is 5.39. The Morgan fingerprint density at radius 3 is 2.86 bits per heavy atom. The minimum Gasteiger partial charge on any atom is -0.386 e. The van der Waals surface area contributed by atoms with Crippen LogP contribution in [0.3, 0.4) is 0 Å². The largest absolute Gasteiger partial charge is 0.386 e. The van der Waals surface area contributed by atoms with Crippen LogP contribution in [0.5, 0.6) is 0 Å². The van der Waals surface area contributed by atoms with Gasteiger partial charge in [-0.15, -0.1) is 0 Å². The van der Waals surface area contributed by atoms with Crippen LogP contribution in [0.1, 0.15) is 38.2 Å². The Hall–Kier alpha value is -1.26. The van der Waals surface area contributed by atoms with Gasteiger partial charge in [0.05, 0.1) is 16.3 Å². The fourth-order valence-electron chi connectivity index (χ4n) is 2.57. The van der Waals surface area contributed by atoms with Crippen molar-refractivity contribution in [1.82, 2.24) is 5.32 Å². The summed E-state index contributed by atoms with van der Waals surface area (Å²) < 4.78 is 0. The molecule has 4 nitrogen and oxygen atoms in total. The van der Waals surface area contributed by atoms with Crippen LogP contribution in [0.25, 0.3) is 0 Å². The number of carbonyl (C=O) groups is 1. The number of oxime groups is 1. The second kappa shape index (κ2) is 8.39. The molecule has 2 atom stereocenters. The molecule has 0 heterocycles. The number of nitrogens with one attached hydrogen (secondary N) is 1. The zero-order valence-electron chi connectivity index (χ0n) is 12.5. The van der Waals surface area contributed by atoms with Crippen molar-refractivity contribution in [2.75, 3.05) is 6.61 Å². The lowest BCUT2D eigenvalue weighted by Gasteiger charge is -2.29. The first-order chi connectivity index (χ1) is 10.6. The third kappa shape index (κ3) is 5.18. The molecule has 22 heavy (non-hydrogen) atoms. The highest BCUT2D eigenvalue weighted by Crippen LogP contribution is 2.23. The van der Waals surface area contributed by atoms with Crippen molar-refractivity contribution in [2.45, 2.75) is 38.6 Å². The molecule has 0 aliphatic heterocycles. The zero-order chi connectivity index (χ0) is 15.9. The van der Waals surface area contributed by atoms with Gasteiger partial charge in [0, 0.05) is 6.04 Å². The highest BCUT2D eigenvalue weighted by molar-refractivity contribution is 6.42. The first-order valence-electron chi connectivity index (χ1n) is 7.46. The number of benzene rings is 1. The lowest BCUT2D eigenvalue weighted by atomic mass is 9.86. The number of rotatable bonds is 5. The molecule has 0 spiro atoms. The number of carbonyl (C=O) groups excluding carboxylic acids is 1. The van der Waals surface area contributed by atoms with Crippen LogP contribution >= 0.6 is 23.2 Å². The number of halogens is 2. The summed E-state index contributed by atoms with van der Waals surface area (Å²) in [6.07, 6.45) is 6.13. The molecule has 1 aromatic rings. The van der Waals surface area contributed by atoms with Gasteiger partial charge in [0.15, 0.2) is 6.61 Å². The Kier molecular flexibility index (Phi) is 6.52. The molecule has 2 rings (SSSR count). The molecule has 0 aromatic heterocycles. The van der Waals surface area contributed by atoms with Gasteiger partial charge in [0.1, 0.15) is 0 Å². The van der Waals surface area contributed by atoms with E-state index in [2.05, 4.69) is 17.4 Å². The molecular formula is C16H20Cl2N2O2. The Bertz CT molecular complexity index is 549. The van der Waals surface area contributed by atoms with Crippen molar-refractivity contribution in [3.8, 4) is 0 Å². The maximum Gasteiger partial charge on any atom is 0.261 e. The van der Waals surface area contributed by atoms with Crippen molar-refractivity contribution < 1.29 is 9.63 Å². The standard InChI is InChI=1S/C16H20Cl2N2O2/c1-11-4-2-3-5-15(11)20-16(21)10-22-19-9-12-6-7-13(17)14(18)8-12/h6-9,11,15H,2-5,10H2,1H3,(H,20,21)/b19-9+. The zero-order valence-corrected chi connectivity index (χ0v) is 14.0. The molecule has 1 amide bonds. The predicted octanol–water partition coefficient (Wildman–Crippen LogP) is 4.04. The number of hydrogen-bond acceptors (Lipinski definition) is 3. The fourth-order valence-corrected chi connectivity index (χ4v) is 2.87. The summed E-state index contributed by atoms with van der Waals surface area (Å²) in [7, 11) is 0. The van der Waals surface area contributed by atoms with E-state index < -0.39 is 0 Å². The summed E-state index contributed by atoms with van der Waals surface area (Å²) in [5.41, 5.74) is 0.760. The number of amides is 1. The molecule has 1 aliphatic rings. The van der Waals surface area contributed by atoms with Crippen LogP contribution in [0.4, 0.5) is 0 Å². The molecule has 2 unspecified atom stereocenters. The SMILES string of the molecule is CC1CCCCC1NC(=O)CO/N=C/c1ccc(Cl)c(Cl)c1. The Morgan fingerprint density at radius 1 is 1.36 bits per heavy atom. The van der Waals surface area contributed by atoms with Crippen LogP contribution in [-0.4, -0.2) is 24.8 Å². The molecule has 120 valence electrons. The fraction of sp³-hybridized carbons (Fsp3) is 0.500. The number of nitrogens with zero attached hydrogens (tertiary/aromatic N) is 1. The van der Waals surface area contributed by atoms with Crippen molar-refractivity contribution in [3.63, 3.8) is 0 Å². The van der Waals surface area contributed by atoms with Gasteiger partial charge in [0.2, 0.25) is 0 Å². The lowest BCUT2D eigenvalue weighted by molar-refractivity contribution is -0.126. The van der Waals surface area contributed by atoms with Crippen LogP contribution in [0.2, 0.25) is 10.0 Å². The van der Waals surface area contributed by atoms with Gasteiger partial charge >= 0.3 is 0 Å². The second-order valence-corrected chi connectivity index (χ2v) is 6.43. The van der Waals surface area contributed by atoms with Crippen LogP contribution in [0, 0.1) is 5.92 Å². The third-order valence-corrected chi connectivity index (χ3v) is 4.61. The first kappa shape index (κ1) is 17.1. The van der Waals surface area contributed by atoms with Gasteiger partial charge in [0.25, 0.3) is 5.91 Å². The summed E-state index contributed by atoms with van der Waals surface area (Å²) in [6.45, 7) is 2.09. The molecule has 0 saturated heterocycles. The van der Waals surface area contributed by atoms with E-state index in [4.69, 9.17) is 28.0 Å². The maximum absolute atomic E-state index is 11.8. The Balaban J connectivity index is 1.74. The Morgan fingerprint density at radius 2 is 2.14 bits per heavy atom. The molecule has 0 radical (unpaired) electrons. The molecule has 1 saturated carbocycles. The minimum absolute atomic E-state index is 0.0823. The monoisotopic (exact) mass is 342 g/mol. The van der Waals surface area contributed by atoms with E-state index in [0.717, 1.165) is 12.0 Å². The van der Waals surface area contributed by atoms with Crippen LogP contribution < -0.4 is 5.32 Å². The molecule has 6 heteroatoms. The quantitative estimate of drug-likeness (QED) is 0.648. The van der Waals surface area contributed by atoms with E-state index in [-0.39, 0.29) is 18.6 Å². The Labute approximate surface area is 140 Å². The normalized spacial score (nSPS) is 21.8. The van der Waals surface area contributed by atoms with Gasteiger partial charge in [-0.1, -0.05) is 54.2 Å². The minimum atomic E-state index is -0.134. The third-order valence-electron chi connectivity index (χ3n) is 3.87. The van der Waals surface area contributed by atoms with E-state index in [0.29, 0.717) is 16.0 Å². The number of hydrogen-bond donors (Lipinski definition) is 1. The van der Waals surface area contributed by atoms with E-state index in [1.54, 1.807) is 18.2 Å². The van der Waals surface area contributed by atoms with E-state index in [1.807, 2.05) is 0 Å². The molecule has 1 aromatic carbocycles. The average molecular weight is 343 g/mol. The van der Waals surface area contributed by atoms with Crippen molar-refractivity contribution in [1.29, 1.82) is 0 Å². The van der Waals surface area contributed by atoms with Gasteiger partial charge in [-0.25, -0.2) is 0 Å². The summed E-state index contributed by atoms with van der Waals surface area (Å²) >= 11 is 11.7. The summed E-state index contributed by atoms with van der Waals surface area (Å²) in [5, 5.41) is 7.72. The van der Waals surface area contributed by atoms with E-state index in [1.165, 1.54) is 25.5 Å². The predicted molar refractivity (Wildman–Crippen MR) is 89.6 cm³/mol. The van der Waals surface area contributed by atoms with Crippen molar-refractivity contribution in [2.24, 2.45) is 11.1 Å². The molecule has 1 fully saturated rings. The summed E-state index contributed by atoms with van der Waals surface area (Å²) in [4.78, 5) is 16.8. The molecule has 0 bridgehead atoms. The van der Waals surface area contributed by atoms with Gasteiger partial charge < -0.3 is 10.2 Å².